The number of pyridine rings is 1. The third-order valence-electron chi connectivity index (χ3n) is 5.16. The fraction of sp³-hybridized carbons (Fsp3) is 0.400. The van der Waals surface area contributed by atoms with Gasteiger partial charge in [0.05, 0.1) is 6.04 Å². The van der Waals surface area contributed by atoms with E-state index in [4.69, 9.17) is 9.47 Å². The van der Waals surface area contributed by atoms with Gasteiger partial charge in [0.2, 0.25) is 5.91 Å². The molecule has 0 bridgehead atoms. The Kier molecular flexibility index (Phi) is 4.97. The molecule has 3 heterocycles. The number of halogens is 3. The number of aromatic nitrogens is 1. The van der Waals surface area contributed by atoms with Crippen molar-refractivity contribution in [1.82, 2.24) is 9.47 Å². The molecule has 1 unspecified atom stereocenters. The van der Waals surface area contributed by atoms with Crippen LogP contribution in [0.2, 0.25) is 0 Å². The van der Waals surface area contributed by atoms with Gasteiger partial charge in [-0.2, -0.15) is 13.2 Å². The maximum absolute atomic E-state index is 13.0. The minimum Gasteiger partial charge on any atom is -0.486 e. The molecule has 0 spiro atoms. The molecule has 1 saturated heterocycles. The minimum atomic E-state index is -4.76. The zero-order chi connectivity index (χ0) is 20.6. The number of nitrogens with zero attached hydrogens (tertiary/aromatic N) is 2. The maximum Gasteiger partial charge on any atom is 0.421 e. The highest BCUT2D eigenvalue weighted by molar-refractivity contribution is 5.77. The van der Waals surface area contributed by atoms with E-state index in [1.807, 2.05) is 12.1 Å². The molecular formula is C20H19F3N2O4. The monoisotopic (exact) mass is 408 g/mol. The Morgan fingerprint density at radius 2 is 1.90 bits per heavy atom. The van der Waals surface area contributed by atoms with Crippen LogP contribution in [0.4, 0.5) is 13.2 Å². The summed E-state index contributed by atoms with van der Waals surface area (Å²) in [6.07, 6.45) is -2.07. The second kappa shape index (κ2) is 7.46. The molecule has 154 valence electrons. The van der Waals surface area contributed by atoms with Crippen molar-refractivity contribution >= 4 is 5.91 Å². The molecule has 6 nitrogen and oxygen atoms in total. The molecule has 0 aliphatic carbocycles. The Bertz CT molecular complexity index is 986. The molecule has 0 saturated carbocycles. The first-order valence-electron chi connectivity index (χ1n) is 9.30. The Labute approximate surface area is 164 Å². The SMILES string of the molecule is O=C(Cn1cccc(C(F)(F)F)c1=O)N1CCCC1c1ccc2c(c1)OCCO2. The van der Waals surface area contributed by atoms with E-state index in [0.717, 1.165) is 35.1 Å². The van der Waals surface area contributed by atoms with Crippen LogP contribution in [0.25, 0.3) is 0 Å². The zero-order valence-corrected chi connectivity index (χ0v) is 15.4. The van der Waals surface area contributed by atoms with Gasteiger partial charge in [0, 0.05) is 12.7 Å². The summed E-state index contributed by atoms with van der Waals surface area (Å²) < 4.78 is 50.8. The summed E-state index contributed by atoms with van der Waals surface area (Å²) in [6.45, 7) is 0.962. The van der Waals surface area contributed by atoms with Crippen molar-refractivity contribution < 1.29 is 27.4 Å². The first-order valence-corrected chi connectivity index (χ1v) is 9.30. The Balaban J connectivity index is 1.55. The summed E-state index contributed by atoms with van der Waals surface area (Å²) in [5.74, 6) is 0.859. The first kappa shape index (κ1) is 19.4. The lowest BCUT2D eigenvalue weighted by atomic mass is 10.0. The number of fused-ring (bicyclic) bond motifs is 1. The van der Waals surface area contributed by atoms with Crippen LogP contribution < -0.4 is 15.0 Å². The van der Waals surface area contributed by atoms with E-state index in [1.54, 1.807) is 11.0 Å². The number of likely N-dealkylation sites (tertiary alicyclic amines) is 1. The molecule has 1 fully saturated rings. The van der Waals surface area contributed by atoms with E-state index in [9.17, 15) is 22.8 Å². The molecule has 1 aromatic heterocycles. The van der Waals surface area contributed by atoms with Gasteiger partial charge in [-0.05, 0) is 42.7 Å². The Morgan fingerprint density at radius 1 is 1.14 bits per heavy atom. The number of alkyl halides is 3. The number of carbonyl (C=O) groups is 1. The molecular weight excluding hydrogens is 389 g/mol. The summed E-state index contributed by atoms with van der Waals surface area (Å²) >= 11 is 0. The lowest BCUT2D eigenvalue weighted by Gasteiger charge is -2.27. The third kappa shape index (κ3) is 3.81. The molecule has 1 aromatic carbocycles. The summed E-state index contributed by atoms with van der Waals surface area (Å²) in [5, 5.41) is 0. The number of hydrogen-bond donors (Lipinski definition) is 0. The van der Waals surface area contributed by atoms with E-state index in [0.29, 0.717) is 31.3 Å². The van der Waals surface area contributed by atoms with Gasteiger partial charge >= 0.3 is 6.18 Å². The van der Waals surface area contributed by atoms with Crippen LogP contribution >= 0.6 is 0 Å². The van der Waals surface area contributed by atoms with Gasteiger partial charge in [0.15, 0.2) is 11.5 Å². The number of benzene rings is 1. The first-order chi connectivity index (χ1) is 13.8. The van der Waals surface area contributed by atoms with Gasteiger partial charge in [-0.15, -0.1) is 0 Å². The highest BCUT2D eigenvalue weighted by Gasteiger charge is 2.35. The van der Waals surface area contributed by atoms with Crippen molar-refractivity contribution in [3.8, 4) is 11.5 Å². The molecule has 4 rings (SSSR count). The maximum atomic E-state index is 13.0. The Morgan fingerprint density at radius 3 is 2.66 bits per heavy atom. The summed E-state index contributed by atoms with van der Waals surface area (Å²) in [6, 6.07) is 7.11. The molecule has 1 amide bonds. The van der Waals surface area contributed by atoms with Gasteiger partial charge in [0.25, 0.3) is 5.56 Å². The third-order valence-corrected chi connectivity index (χ3v) is 5.16. The van der Waals surface area contributed by atoms with Gasteiger partial charge in [-0.25, -0.2) is 0 Å². The van der Waals surface area contributed by atoms with Crippen LogP contribution in [0, 0.1) is 0 Å². The van der Waals surface area contributed by atoms with Crippen LogP contribution in [0.1, 0.15) is 30.0 Å². The smallest absolute Gasteiger partial charge is 0.421 e. The van der Waals surface area contributed by atoms with Crippen LogP contribution in [-0.2, 0) is 17.5 Å². The molecule has 2 aromatic rings. The number of amides is 1. The van der Waals surface area contributed by atoms with Crippen molar-refractivity contribution in [1.29, 1.82) is 0 Å². The fourth-order valence-electron chi connectivity index (χ4n) is 3.79. The lowest BCUT2D eigenvalue weighted by molar-refractivity contribution is -0.139. The van der Waals surface area contributed by atoms with Gasteiger partial charge < -0.3 is 18.9 Å². The Hall–Kier alpha value is -2.97. The van der Waals surface area contributed by atoms with Crippen LogP contribution in [0.15, 0.2) is 41.3 Å². The highest BCUT2D eigenvalue weighted by Crippen LogP contribution is 2.38. The number of carbonyl (C=O) groups excluding carboxylic acids is 1. The quantitative estimate of drug-likeness (QED) is 0.784. The van der Waals surface area contributed by atoms with E-state index < -0.39 is 29.8 Å². The van der Waals surface area contributed by atoms with Crippen LogP contribution in [0.3, 0.4) is 0 Å². The van der Waals surface area contributed by atoms with Crippen molar-refractivity contribution in [2.75, 3.05) is 19.8 Å². The molecule has 2 aliphatic rings. The molecule has 0 radical (unpaired) electrons. The molecule has 2 aliphatic heterocycles. The lowest BCUT2D eigenvalue weighted by Crippen LogP contribution is -2.37. The highest BCUT2D eigenvalue weighted by atomic mass is 19.4. The second-order valence-electron chi connectivity index (χ2n) is 7.00. The van der Waals surface area contributed by atoms with Crippen LogP contribution in [0.5, 0.6) is 11.5 Å². The molecule has 9 heteroatoms. The van der Waals surface area contributed by atoms with Crippen molar-refractivity contribution in [2.45, 2.75) is 31.6 Å². The number of ether oxygens (including phenoxy) is 2. The second-order valence-corrected chi connectivity index (χ2v) is 7.00. The van der Waals surface area contributed by atoms with Crippen molar-refractivity contribution in [3.05, 3.63) is 58.0 Å². The van der Waals surface area contributed by atoms with Gasteiger partial charge in [-0.1, -0.05) is 6.07 Å². The van der Waals surface area contributed by atoms with Crippen LogP contribution in [-0.4, -0.2) is 35.1 Å². The van der Waals surface area contributed by atoms with E-state index in [1.165, 1.54) is 6.20 Å². The number of rotatable bonds is 3. The molecule has 29 heavy (non-hydrogen) atoms. The standard InChI is InChI=1S/C20H19F3N2O4/c21-20(22,23)14-3-1-7-24(19(14)27)12-18(26)25-8-2-4-15(25)13-5-6-16-17(11-13)29-10-9-28-16/h1,3,5-7,11,15H,2,4,8-10,12H2. The largest absolute Gasteiger partial charge is 0.486 e. The number of hydrogen-bond acceptors (Lipinski definition) is 4. The van der Waals surface area contributed by atoms with Gasteiger partial charge in [-0.3, -0.25) is 9.59 Å². The van der Waals surface area contributed by atoms with Gasteiger partial charge in [0.1, 0.15) is 25.3 Å². The van der Waals surface area contributed by atoms with E-state index in [2.05, 4.69) is 0 Å². The topological polar surface area (TPSA) is 60.8 Å². The summed E-state index contributed by atoms with van der Waals surface area (Å²) in [5.41, 5.74) is -1.63. The predicted molar refractivity (Wildman–Crippen MR) is 96.8 cm³/mol. The van der Waals surface area contributed by atoms with E-state index >= 15 is 0 Å². The van der Waals surface area contributed by atoms with E-state index in [-0.39, 0.29) is 6.04 Å². The summed E-state index contributed by atoms with van der Waals surface area (Å²) in [7, 11) is 0. The average Bonchev–Trinajstić information content (AvgIpc) is 3.18. The molecule has 0 N–H and O–H groups in total. The average molecular weight is 408 g/mol. The van der Waals surface area contributed by atoms with Crippen molar-refractivity contribution in [2.24, 2.45) is 0 Å². The predicted octanol–water partition coefficient (Wildman–Crippen LogP) is 3.00. The fourth-order valence-corrected chi connectivity index (χ4v) is 3.79. The zero-order valence-electron chi connectivity index (χ0n) is 15.4. The summed E-state index contributed by atoms with van der Waals surface area (Å²) in [4.78, 5) is 26.6. The van der Waals surface area contributed by atoms with Crippen molar-refractivity contribution in [3.63, 3.8) is 0 Å². The normalized spacial score (nSPS) is 18.7. The molecule has 1 atom stereocenters. The minimum absolute atomic E-state index is 0.222.